The van der Waals surface area contributed by atoms with Crippen LogP contribution in [0.4, 0.5) is 5.69 Å². The number of rotatable bonds is 3. The minimum absolute atomic E-state index is 0.0517. The zero-order chi connectivity index (χ0) is 20.0. The molecule has 0 atom stereocenters. The second-order valence-corrected chi connectivity index (χ2v) is 7.12. The van der Waals surface area contributed by atoms with E-state index in [-0.39, 0.29) is 17.0 Å². The van der Waals surface area contributed by atoms with Gasteiger partial charge in [-0.25, -0.2) is 9.78 Å². The third-order valence-corrected chi connectivity index (χ3v) is 4.96. The summed E-state index contributed by atoms with van der Waals surface area (Å²) in [6.45, 7) is 1.13. The van der Waals surface area contributed by atoms with Crippen molar-refractivity contribution in [3.05, 3.63) is 56.9 Å². The van der Waals surface area contributed by atoms with Crippen LogP contribution in [0.2, 0.25) is 0 Å². The summed E-state index contributed by atoms with van der Waals surface area (Å²) in [5, 5.41) is 2.99. The van der Waals surface area contributed by atoms with Gasteiger partial charge in [-0.15, -0.1) is 0 Å². The molecule has 1 saturated carbocycles. The zero-order valence-electron chi connectivity index (χ0n) is 15.4. The van der Waals surface area contributed by atoms with Gasteiger partial charge in [-0.1, -0.05) is 0 Å². The molecule has 0 unspecified atom stereocenters. The zero-order valence-corrected chi connectivity index (χ0v) is 15.4. The van der Waals surface area contributed by atoms with E-state index in [4.69, 9.17) is 9.47 Å². The highest BCUT2D eigenvalue weighted by Gasteiger charge is 2.27. The maximum atomic E-state index is 12.7. The SMILES string of the molecule is O=C(Nc1ccc2c(c1)OCCCO2)c1cnc2c(c1)c(=O)[nH]c(=O)n2C1CC1. The minimum atomic E-state index is -0.556. The van der Waals surface area contributed by atoms with Crippen molar-refractivity contribution in [2.45, 2.75) is 25.3 Å². The summed E-state index contributed by atoms with van der Waals surface area (Å²) in [7, 11) is 0. The van der Waals surface area contributed by atoms with Gasteiger partial charge in [0.25, 0.3) is 11.5 Å². The predicted molar refractivity (Wildman–Crippen MR) is 105 cm³/mol. The molecule has 148 valence electrons. The molecular formula is C20H18N4O5. The first-order valence-electron chi connectivity index (χ1n) is 9.46. The van der Waals surface area contributed by atoms with Crippen LogP contribution in [-0.2, 0) is 0 Å². The number of nitrogens with zero attached hydrogens (tertiary/aromatic N) is 2. The molecule has 29 heavy (non-hydrogen) atoms. The van der Waals surface area contributed by atoms with Gasteiger partial charge >= 0.3 is 5.69 Å². The van der Waals surface area contributed by atoms with Crippen molar-refractivity contribution in [2.24, 2.45) is 0 Å². The first-order valence-corrected chi connectivity index (χ1v) is 9.46. The van der Waals surface area contributed by atoms with Gasteiger partial charge in [0.15, 0.2) is 11.5 Å². The number of H-pyrrole nitrogens is 1. The molecule has 0 radical (unpaired) electrons. The number of nitrogens with one attached hydrogen (secondary N) is 2. The van der Waals surface area contributed by atoms with Crippen LogP contribution in [-0.4, -0.2) is 33.7 Å². The molecule has 0 spiro atoms. The van der Waals surface area contributed by atoms with Gasteiger partial charge < -0.3 is 14.8 Å². The van der Waals surface area contributed by atoms with Gasteiger partial charge in [0.1, 0.15) is 5.65 Å². The molecule has 9 nitrogen and oxygen atoms in total. The quantitative estimate of drug-likeness (QED) is 0.700. The van der Waals surface area contributed by atoms with Crippen LogP contribution in [0, 0.1) is 0 Å². The van der Waals surface area contributed by atoms with Crippen LogP contribution in [0.1, 0.15) is 35.7 Å². The normalized spacial score (nSPS) is 15.7. The summed E-state index contributed by atoms with van der Waals surface area (Å²) in [6.07, 6.45) is 3.91. The van der Waals surface area contributed by atoms with E-state index in [0.717, 1.165) is 19.3 Å². The average molecular weight is 394 g/mol. The summed E-state index contributed by atoms with van der Waals surface area (Å²) < 4.78 is 12.7. The first-order chi connectivity index (χ1) is 14.1. The number of benzene rings is 1. The molecule has 1 amide bonds. The molecule has 1 fully saturated rings. The van der Waals surface area contributed by atoms with Gasteiger partial charge in [0.05, 0.1) is 24.2 Å². The Hall–Kier alpha value is -3.62. The lowest BCUT2D eigenvalue weighted by Gasteiger charge is -2.11. The number of fused-ring (bicyclic) bond motifs is 2. The van der Waals surface area contributed by atoms with E-state index in [1.165, 1.54) is 16.8 Å². The highest BCUT2D eigenvalue weighted by atomic mass is 16.5. The van der Waals surface area contributed by atoms with E-state index in [1.807, 2.05) is 0 Å². The second kappa shape index (κ2) is 6.77. The molecule has 2 aliphatic rings. The summed E-state index contributed by atoms with van der Waals surface area (Å²) in [5.41, 5.74) is 0.0298. The van der Waals surface area contributed by atoms with Gasteiger partial charge in [-0.3, -0.25) is 19.1 Å². The highest BCUT2D eigenvalue weighted by Crippen LogP contribution is 2.35. The molecule has 1 aliphatic heterocycles. The Balaban J connectivity index is 1.46. The number of ether oxygens (including phenoxy) is 2. The molecule has 0 bridgehead atoms. The molecule has 3 heterocycles. The van der Waals surface area contributed by atoms with Gasteiger partial charge in [0, 0.05) is 30.4 Å². The fourth-order valence-corrected chi connectivity index (χ4v) is 3.38. The Bertz CT molecular complexity index is 1240. The Labute approximate surface area is 164 Å². The van der Waals surface area contributed by atoms with E-state index >= 15 is 0 Å². The standard InChI is InChI=1S/C20H18N4O5/c25-18(22-12-2-5-15-16(9-12)29-7-1-6-28-15)11-8-14-17(21-10-11)24(13-3-4-13)20(27)23-19(14)26/h2,5,8-10,13H,1,3-4,6-7H2,(H,22,25)(H,23,26,27). The third kappa shape index (κ3) is 3.24. The molecule has 3 aromatic rings. The van der Waals surface area contributed by atoms with Crippen molar-refractivity contribution in [3.8, 4) is 11.5 Å². The molecular weight excluding hydrogens is 376 g/mol. The number of hydrogen-bond acceptors (Lipinski definition) is 6. The van der Waals surface area contributed by atoms with E-state index in [1.54, 1.807) is 18.2 Å². The van der Waals surface area contributed by atoms with E-state index in [0.29, 0.717) is 36.0 Å². The van der Waals surface area contributed by atoms with Crippen LogP contribution in [0.15, 0.2) is 40.1 Å². The molecule has 2 aromatic heterocycles. The van der Waals surface area contributed by atoms with Crippen molar-refractivity contribution in [1.29, 1.82) is 0 Å². The summed E-state index contributed by atoms with van der Waals surface area (Å²) in [5.74, 6) is 0.789. The Kier molecular flexibility index (Phi) is 4.08. The fourth-order valence-electron chi connectivity index (χ4n) is 3.38. The topological polar surface area (TPSA) is 115 Å². The number of amides is 1. The lowest BCUT2D eigenvalue weighted by Crippen LogP contribution is -2.30. The molecule has 1 aromatic carbocycles. The second-order valence-electron chi connectivity index (χ2n) is 7.12. The van der Waals surface area contributed by atoms with Crippen LogP contribution < -0.4 is 26.0 Å². The number of pyridine rings is 1. The predicted octanol–water partition coefficient (Wildman–Crippen LogP) is 1.83. The van der Waals surface area contributed by atoms with Crippen molar-refractivity contribution < 1.29 is 14.3 Å². The van der Waals surface area contributed by atoms with Crippen LogP contribution in [0.25, 0.3) is 11.0 Å². The Morgan fingerprint density at radius 3 is 2.72 bits per heavy atom. The number of carbonyl (C=O) groups excluding carboxylic acids is 1. The summed E-state index contributed by atoms with van der Waals surface area (Å²) >= 11 is 0. The molecule has 9 heteroatoms. The number of aromatic nitrogens is 3. The minimum Gasteiger partial charge on any atom is -0.490 e. The van der Waals surface area contributed by atoms with Gasteiger partial charge in [-0.05, 0) is 31.0 Å². The molecule has 5 rings (SSSR count). The molecule has 0 saturated heterocycles. The number of carbonyl (C=O) groups is 1. The van der Waals surface area contributed by atoms with Crippen LogP contribution in [0.5, 0.6) is 11.5 Å². The van der Waals surface area contributed by atoms with Crippen molar-refractivity contribution in [3.63, 3.8) is 0 Å². The summed E-state index contributed by atoms with van der Waals surface area (Å²) in [4.78, 5) is 43.6. The van der Waals surface area contributed by atoms with Crippen LogP contribution >= 0.6 is 0 Å². The summed E-state index contributed by atoms with van der Waals surface area (Å²) in [6, 6.07) is 6.67. The fraction of sp³-hybridized carbons (Fsp3) is 0.300. The largest absolute Gasteiger partial charge is 0.490 e. The lowest BCUT2D eigenvalue weighted by atomic mass is 10.2. The number of hydrogen-bond donors (Lipinski definition) is 2. The first kappa shape index (κ1) is 17.5. The van der Waals surface area contributed by atoms with Gasteiger partial charge in [-0.2, -0.15) is 0 Å². The highest BCUT2D eigenvalue weighted by molar-refractivity contribution is 6.05. The van der Waals surface area contributed by atoms with Crippen LogP contribution in [0.3, 0.4) is 0 Å². The van der Waals surface area contributed by atoms with Crippen molar-refractivity contribution in [1.82, 2.24) is 14.5 Å². The monoisotopic (exact) mass is 394 g/mol. The number of anilines is 1. The average Bonchev–Trinajstić information content (AvgIpc) is 3.55. The maximum Gasteiger partial charge on any atom is 0.330 e. The van der Waals surface area contributed by atoms with E-state index < -0.39 is 17.2 Å². The molecule has 1 aliphatic carbocycles. The number of aromatic amines is 1. The Morgan fingerprint density at radius 1 is 1.14 bits per heavy atom. The van der Waals surface area contributed by atoms with Gasteiger partial charge in [0.2, 0.25) is 0 Å². The van der Waals surface area contributed by atoms with E-state index in [2.05, 4.69) is 15.3 Å². The van der Waals surface area contributed by atoms with E-state index in [9.17, 15) is 14.4 Å². The third-order valence-electron chi connectivity index (χ3n) is 4.96. The van der Waals surface area contributed by atoms with Crippen molar-refractivity contribution in [2.75, 3.05) is 18.5 Å². The lowest BCUT2D eigenvalue weighted by molar-refractivity contribution is 0.102. The molecule has 2 N–H and O–H groups in total. The van der Waals surface area contributed by atoms with Crippen molar-refractivity contribution >= 4 is 22.6 Å². The Morgan fingerprint density at radius 2 is 1.93 bits per heavy atom. The maximum absolute atomic E-state index is 12.7. The smallest absolute Gasteiger partial charge is 0.330 e.